The Hall–Kier alpha value is -3.08. The second-order valence-electron chi connectivity index (χ2n) is 5.74. The Kier molecular flexibility index (Phi) is 4.33. The highest BCUT2D eigenvalue weighted by Crippen LogP contribution is 2.16. The summed E-state index contributed by atoms with van der Waals surface area (Å²) in [6, 6.07) is 15.5. The van der Waals surface area contributed by atoms with Gasteiger partial charge in [-0.1, -0.05) is 0 Å². The van der Waals surface area contributed by atoms with Crippen molar-refractivity contribution in [3.8, 4) is 5.69 Å². The normalized spacial score (nSPS) is 11.1. The van der Waals surface area contributed by atoms with E-state index < -0.39 is 0 Å². The third-order valence-corrected chi connectivity index (χ3v) is 4.01. The van der Waals surface area contributed by atoms with Crippen molar-refractivity contribution < 1.29 is 4.79 Å². The number of aryl methyl sites for hydroxylation is 3. The van der Waals surface area contributed by atoms with Crippen LogP contribution in [0.2, 0.25) is 0 Å². The van der Waals surface area contributed by atoms with Crippen LogP contribution in [0, 0.1) is 13.8 Å². The molecule has 0 atom stereocenters. The van der Waals surface area contributed by atoms with Crippen LogP contribution in [0.5, 0.6) is 0 Å². The van der Waals surface area contributed by atoms with Gasteiger partial charge in [0.2, 0.25) is 0 Å². The number of hydrogen-bond donors (Lipinski definition) is 1. The summed E-state index contributed by atoms with van der Waals surface area (Å²) in [6.45, 7) is 4.12. The zero-order chi connectivity index (χ0) is 17.1. The molecule has 5 nitrogen and oxygen atoms in total. The Morgan fingerprint density at radius 2 is 1.71 bits per heavy atom. The number of carbonyl (C=O) groups excluding carboxylic acids is 1. The van der Waals surface area contributed by atoms with Gasteiger partial charge in [0.25, 0.3) is 5.91 Å². The van der Waals surface area contributed by atoms with Crippen LogP contribution in [0.15, 0.2) is 59.8 Å². The molecule has 24 heavy (non-hydrogen) atoms. The van der Waals surface area contributed by atoms with E-state index in [1.165, 1.54) is 0 Å². The predicted octanol–water partition coefficient (Wildman–Crippen LogP) is 3.20. The fourth-order valence-electron chi connectivity index (χ4n) is 2.67. The summed E-state index contributed by atoms with van der Waals surface area (Å²) in [5, 5.41) is 4.00. The predicted molar refractivity (Wildman–Crippen MR) is 95.7 cm³/mol. The average molecular weight is 320 g/mol. The molecule has 1 N–H and O–H groups in total. The van der Waals surface area contributed by atoms with E-state index in [2.05, 4.69) is 41.1 Å². The second-order valence-corrected chi connectivity index (χ2v) is 5.74. The molecule has 2 heterocycles. The topological polar surface area (TPSA) is 51.3 Å². The molecule has 5 heteroatoms. The van der Waals surface area contributed by atoms with Crippen molar-refractivity contribution in [3.05, 3.63) is 77.4 Å². The van der Waals surface area contributed by atoms with Crippen molar-refractivity contribution in [2.45, 2.75) is 13.8 Å². The lowest BCUT2D eigenvalue weighted by Gasteiger charge is -2.10. The lowest BCUT2D eigenvalue weighted by molar-refractivity contribution is 0.0955. The SMILES string of the molecule is Cc1ccc(C)n1-c1ccc(C(=O)N/N=C/c2cccn2C)cc1. The standard InChI is InChI=1S/C19H20N4O/c1-14-6-7-15(2)23(14)17-10-8-16(9-11-17)19(24)21-20-13-18-5-4-12-22(18)3/h4-13H,1-3H3,(H,21,24)/b20-13+. The van der Waals surface area contributed by atoms with Crippen LogP contribution < -0.4 is 5.43 Å². The van der Waals surface area contributed by atoms with E-state index in [4.69, 9.17) is 0 Å². The van der Waals surface area contributed by atoms with Crippen molar-refractivity contribution in [3.63, 3.8) is 0 Å². The Morgan fingerprint density at radius 1 is 1.04 bits per heavy atom. The molecule has 0 aliphatic rings. The van der Waals surface area contributed by atoms with E-state index in [0.29, 0.717) is 5.56 Å². The van der Waals surface area contributed by atoms with Gasteiger partial charge in [-0.2, -0.15) is 5.10 Å². The molecule has 0 bridgehead atoms. The summed E-state index contributed by atoms with van der Waals surface area (Å²) in [5.41, 5.74) is 7.41. The number of hydrogen-bond acceptors (Lipinski definition) is 2. The van der Waals surface area contributed by atoms with Gasteiger partial charge < -0.3 is 9.13 Å². The first kappa shape index (κ1) is 15.8. The number of nitrogens with one attached hydrogen (secondary N) is 1. The van der Waals surface area contributed by atoms with E-state index >= 15 is 0 Å². The number of aromatic nitrogens is 2. The van der Waals surface area contributed by atoms with Gasteiger partial charge in [0.1, 0.15) is 0 Å². The number of hydrazone groups is 1. The fourth-order valence-corrected chi connectivity index (χ4v) is 2.67. The summed E-state index contributed by atoms with van der Waals surface area (Å²) >= 11 is 0. The summed E-state index contributed by atoms with van der Waals surface area (Å²) in [7, 11) is 1.92. The molecule has 3 rings (SSSR count). The van der Waals surface area contributed by atoms with E-state index in [1.54, 1.807) is 6.21 Å². The van der Waals surface area contributed by atoms with Crippen LogP contribution in [0.3, 0.4) is 0 Å². The first-order valence-electron chi connectivity index (χ1n) is 7.76. The Morgan fingerprint density at radius 3 is 2.29 bits per heavy atom. The van der Waals surface area contributed by atoms with Crippen LogP contribution in [0.1, 0.15) is 27.4 Å². The molecule has 3 aromatic rings. The fraction of sp³-hybridized carbons (Fsp3) is 0.158. The maximum absolute atomic E-state index is 12.2. The van der Waals surface area contributed by atoms with Crippen molar-refractivity contribution in [1.82, 2.24) is 14.6 Å². The maximum Gasteiger partial charge on any atom is 0.271 e. The molecule has 0 aliphatic heterocycles. The lowest BCUT2D eigenvalue weighted by atomic mass is 10.2. The summed E-state index contributed by atoms with van der Waals surface area (Å²) < 4.78 is 4.07. The van der Waals surface area contributed by atoms with Crippen molar-refractivity contribution in [2.24, 2.45) is 12.1 Å². The number of nitrogens with zero attached hydrogens (tertiary/aromatic N) is 3. The molecule has 2 aromatic heterocycles. The quantitative estimate of drug-likeness (QED) is 0.582. The lowest BCUT2D eigenvalue weighted by Crippen LogP contribution is -2.17. The Labute approximate surface area is 141 Å². The van der Waals surface area contributed by atoms with E-state index in [9.17, 15) is 4.79 Å². The highest BCUT2D eigenvalue weighted by atomic mass is 16.2. The molecule has 0 saturated carbocycles. The highest BCUT2D eigenvalue weighted by molar-refractivity contribution is 5.94. The molecule has 0 fully saturated rings. The first-order valence-corrected chi connectivity index (χ1v) is 7.76. The molecule has 0 spiro atoms. The zero-order valence-corrected chi connectivity index (χ0v) is 14.0. The minimum atomic E-state index is -0.229. The molecule has 0 radical (unpaired) electrons. The second kappa shape index (κ2) is 6.58. The molecular weight excluding hydrogens is 300 g/mol. The van der Waals surface area contributed by atoms with Gasteiger partial charge in [-0.3, -0.25) is 4.79 Å². The number of carbonyl (C=O) groups is 1. The van der Waals surface area contributed by atoms with Crippen molar-refractivity contribution in [1.29, 1.82) is 0 Å². The maximum atomic E-state index is 12.2. The van der Waals surface area contributed by atoms with Crippen LogP contribution >= 0.6 is 0 Å². The van der Waals surface area contributed by atoms with Crippen LogP contribution in [0.25, 0.3) is 5.69 Å². The van der Waals surface area contributed by atoms with Gasteiger partial charge in [0.05, 0.1) is 11.9 Å². The van der Waals surface area contributed by atoms with Crippen LogP contribution in [-0.4, -0.2) is 21.3 Å². The Balaban J connectivity index is 1.70. The van der Waals surface area contributed by atoms with Gasteiger partial charge in [-0.25, -0.2) is 5.43 Å². The molecule has 0 aliphatic carbocycles. The third-order valence-electron chi connectivity index (χ3n) is 4.01. The van der Waals surface area contributed by atoms with Gasteiger partial charge in [0.15, 0.2) is 0 Å². The third kappa shape index (κ3) is 3.15. The smallest absolute Gasteiger partial charge is 0.271 e. The molecular formula is C19H20N4O. The van der Waals surface area contributed by atoms with Gasteiger partial charge in [-0.05, 0) is 62.4 Å². The zero-order valence-electron chi connectivity index (χ0n) is 14.0. The molecule has 0 unspecified atom stereocenters. The molecule has 0 saturated heterocycles. The van der Waals surface area contributed by atoms with Crippen molar-refractivity contribution in [2.75, 3.05) is 0 Å². The minimum Gasteiger partial charge on any atom is -0.350 e. The molecule has 1 amide bonds. The molecule has 1 aromatic carbocycles. The summed E-state index contributed by atoms with van der Waals surface area (Å²) in [5.74, 6) is -0.229. The monoisotopic (exact) mass is 320 g/mol. The minimum absolute atomic E-state index is 0.229. The Bertz CT molecular complexity index is 865. The molecule has 122 valence electrons. The average Bonchev–Trinajstić information content (AvgIpc) is 3.13. The highest BCUT2D eigenvalue weighted by Gasteiger charge is 2.07. The van der Waals surface area contributed by atoms with E-state index in [1.807, 2.05) is 54.2 Å². The largest absolute Gasteiger partial charge is 0.350 e. The van der Waals surface area contributed by atoms with E-state index in [-0.39, 0.29) is 5.91 Å². The van der Waals surface area contributed by atoms with Gasteiger partial charge in [-0.15, -0.1) is 0 Å². The number of amides is 1. The first-order chi connectivity index (χ1) is 11.6. The van der Waals surface area contributed by atoms with Gasteiger partial charge >= 0.3 is 0 Å². The summed E-state index contributed by atoms with van der Waals surface area (Å²) in [4.78, 5) is 12.2. The number of benzene rings is 1. The van der Waals surface area contributed by atoms with E-state index in [0.717, 1.165) is 22.8 Å². The van der Waals surface area contributed by atoms with Crippen molar-refractivity contribution >= 4 is 12.1 Å². The van der Waals surface area contributed by atoms with Gasteiger partial charge in [0, 0.05) is 35.9 Å². The number of rotatable bonds is 4. The summed E-state index contributed by atoms with van der Waals surface area (Å²) in [6.07, 6.45) is 3.55. The van der Waals surface area contributed by atoms with Crippen LogP contribution in [-0.2, 0) is 7.05 Å². The van der Waals surface area contributed by atoms with Crippen LogP contribution in [0.4, 0.5) is 0 Å².